The van der Waals surface area contributed by atoms with Gasteiger partial charge in [0.05, 0.1) is 6.54 Å². The van der Waals surface area contributed by atoms with Crippen molar-refractivity contribution in [2.45, 2.75) is 19.5 Å². The topological polar surface area (TPSA) is 64.1 Å². The maximum absolute atomic E-state index is 12.4. The summed E-state index contributed by atoms with van der Waals surface area (Å²) in [6, 6.07) is 3.50. The van der Waals surface area contributed by atoms with Crippen molar-refractivity contribution in [2.75, 3.05) is 33.2 Å². The summed E-state index contributed by atoms with van der Waals surface area (Å²) in [6.07, 6.45) is 0. The van der Waals surface area contributed by atoms with Crippen molar-refractivity contribution in [3.05, 3.63) is 22.4 Å². The number of carbonyl (C=O) groups is 2. The molecule has 2 amide bonds. The quantitative estimate of drug-likeness (QED) is 0.913. The first-order valence-corrected chi connectivity index (χ1v) is 7.86. The van der Waals surface area contributed by atoms with E-state index in [0.717, 1.165) is 4.88 Å². The van der Waals surface area contributed by atoms with Gasteiger partial charge in [0.25, 0.3) is 0 Å². The summed E-state index contributed by atoms with van der Waals surface area (Å²) in [6.45, 7) is 4.65. The number of thiophene rings is 1. The molecule has 1 saturated heterocycles. The molecule has 0 saturated carbocycles. The number of nitrogens with zero attached hydrogens (tertiary/aromatic N) is 3. The molecular weight excluding hydrogens is 290 g/mol. The third-order valence-corrected chi connectivity index (χ3v) is 4.65. The number of aliphatic carboxylic acids is 1. The zero-order chi connectivity index (χ0) is 15.4. The van der Waals surface area contributed by atoms with Crippen LogP contribution in [-0.4, -0.2) is 71.1 Å². The molecule has 0 aromatic carbocycles. The molecule has 0 aliphatic carbocycles. The average Bonchev–Trinajstić information content (AvgIpc) is 2.98. The standard InChI is InChI=1S/C14H21N3O3S/c1-11(13(18)19)16-5-7-17(8-6-16)14(20)15(2)10-12-4-3-9-21-12/h3-4,9,11H,5-8,10H2,1-2H3,(H,18,19). The van der Waals surface area contributed by atoms with Crippen LogP contribution >= 0.6 is 11.3 Å². The van der Waals surface area contributed by atoms with E-state index >= 15 is 0 Å². The molecule has 0 spiro atoms. The van der Waals surface area contributed by atoms with E-state index in [1.165, 1.54) is 0 Å². The fourth-order valence-electron chi connectivity index (χ4n) is 2.40. The van der Waals surface area contributed by atoms with E-state index in [4.69, 9.17) is 5.11 Å². The molecule has 116 valence electrons. The SMILES string of the molecule is CC(C(=O)O)N1CCN(C(=O)N(C)Cc2cccs2)CC1. The fraction of sp³-hybridized carbons (Fsp3) is 0.571. The van der Waals surface area contributed by atoms with Crippen molar-refractivity contribution < 1.29 is 14.7 Å². The van der Waals surface area contributed by atoms with Crippen LogP contribution in [0.5, 0.6) is 0 Å². The van der Waals surface area contributed by atoms with Crippen molar-refractivity contribution in [1.82, 2.24) is 14.7 Å². The van der Waals surface area contributed by atoms with Gasteiger partial charge in [-0.15, -0.1) is 11.3 Å². The van der Waals surface area contributed by atoms with Gasteiger partial charge < -0.3 is 14.9 Å². The molecule has 6 nitrogen and oxygen atoms in total. The van der Waals surface area contributed by atoms with Crippen molar-refractivity contribution >= 4 is 23.3 Å². The second kappa shape index (κ2) is 6.91. The van der Waals surface area contributed by atoms with Gasteiger partial charge in [-0.05, 0) is 18.4 Å². The summed E-state index contributed by atoms with van der Waals surface area (Å²) in [4.78, 5) is 29.9. The summed E-state index contributed by atoms with van der Waals surface area (Å²) in [5.41, 5.74) is 0. The van der Waals surface area contributed by atoms with Crippen molar-refractivity contribution in [2.24, 2.45) is 0 Å². The van der Waals surface area contributed by atoms with E-state index in [0.29, 0.717) is 32.7 Å². The Morgan fingerprint density at radius 3 is 2.57 bits per heavy atom. The lowest BCUT2D eigenvalue weighted by Crippen LogP contribution is -2.55. The van der Waals surface area contributed by atoms with Crippen molar-refractivity contribution in [3.8, 4) is 0 Å². The van der Waals surface area contributed by atoms with Crippen LogP contribution in [0, 0.1) is 0 Å². The number of hydrogen-bond acceptors (Lipinski definition) is 4. The highest BCUT2D eigenvalue weighted by atomic mass is 32.1. The van der Waals surface area contributed by atoms with Gasteiger partial charge in [-0.1, -0.05) is 6.07 Å². The molecule has 1 aromatic rings. The molecule has 1 aliphatic rings. The lowest BCUT2D eigenvalue weighted by Gasteiger charge is -2.38. The molecule has 2 heterocycles. The predicted octanol–water partition coefficient (Wildman–Crippen LogP) is 1.39. The molecule has 1 aromatic heterocycles. The van der Waals surface area contributed by atoms with Gasteiger partial charge in [0.15, 0.2) is 0 Å². The molecule has 21 heavy (non-hydrogen) atoms. The number of amides is 2. The minimum absolute atomic E-state index is 0.00558. The first-order valence-electron chi connectivity index (χ1n) is 6.98. The van der Waals surface area contributed by atoms with Crippen molar-refractivity contribution in [1.29, 1.82) is 0 Å². The van der Waals surface area contributed by atoms with Crippen LogP contribution in [-0.2, 0) is 11.3 Å². The first kappa shape index (κ1) is 15.8. The third kappa shape index (κ3) is 3.95. The monoisotopic (exact) mass is 311 g/mol. The molecule has 0 radical (unpaired) electrons. The number of hydrogen-bond donors (Lipinski definition) is 1. The van der Waals surface area contributed by atoms with E-state index < -0.39 is 12.0 Å². The number of carboxylic acids is 1. The van der Waals surface area contributed by atoms with Gasteiger partial charge >= 0.3 is 12.0 Å². The van der Waals surface area contributed by atoms with Crippen LogP contribution in [0.4, 0.5) is 4.79 Å². The van der Waals surface area contributed by atoms with Crippen LogP contribution in [0.3, 0.4) is 0 Å². The predicted molar refractivity (Wildman–Crippen MR) is 81.4 cm³/mol. The molecule has 1 atom stereocenters. The molecule has 0 bridgehead atoms. The van der Waals surface area contributed by atoms with Gasteiger partial charge in [0, 0.05) is 38.1 Å². The lowest BCUT2D eigenvalue weighted by molar-refractivity contribution is -0.143. The Kier molecular flexibility index (Phi) is 5.19. The van der Waals surface area contributed by atoms with E-state index in [2.05, 4.69) is 0 Å². The molecule has 1 unspecified atom stereocenters. The zero-order valence-corrected chi connectivity index (χ0v) is 13.2. The zero-order valence-electron chi connectivity index (χ0n) is 12.4. The molecule has 1 N–H and O–H groups in total. The summed E-state index contributed by atoms with van der Waals surface area (Å²) in [7, 11) is 1.80. The first-order chi connectivity index (χ1) is 9.99. The van der Waals surface area contributed by atoms with Crippen LogP contribution in [0.2, 0.25) is 0 Å². The van der Waals surface area contributed by atoms with Crippen LogP contribution in [0.1, 0.15) is 11.8 Å². The Morgan fingerprint density at radius 2 is 2.05 bits per heavy atom. The summed E-state index contributed by atoms with van der Waals surface area (Å²) >= 11 is 1.64. The van der Waals surface area contributed by atoms with Gasteiger partial charge in [-0.2, -0.15) is 0 Å². The Balaban J connectivity index is 1.84. The van der Waals surface area contributed by atoms with Gasteiger partial charge in [0.2, 0.25) is 0 Å². The Bertz CT molecular complexity index is 484. The van der Waals surface area contributed by atoms with E-state index in [-0.39, 0.29) is 6.03 Å². The van der Waals surface area contributed by atoms with E-state index in [9.17, 15) is 9.59 Å². The normalized spacial score (nSPS) is 17.5. The van der Waals surface area contributed by atoms with Gasteiger partial charge in [0.1, 0.15) is 6.04 Å². The number of urea groups is 1. The highest BCUT2D eigenvalue weighted by Crippen LogP contribution is 2.13. The second-order valence-corrected chi connectivity index (χ2v) is 6.29. The number of piperazine rings is 1. The maximum Gasteiger partial charge on any atom is 0.320 e. The maximum atomic E-state index is 12.4. The highest BCUT2D eigenvalue weighted by Gasteiger charge is 2.28. The van der Waals surface area contributed by atoms with E-state index in [1.807, 2.05) is 22.4 Å². The number of carboxylic acid groups (broad SMARTS) is 1. The third-order valence-electron chi connectivity index (χ3n) is 3.79. The van der Waals surface area contributed by atoms with Crippen LogP contribution in [0.15, 0.2) is 17.5 Å². The molecule has 1 aliphatic heterocycles. The van der Waals surface area contributed by atoms with Crippen LogP contribution < -0.4 is 0 Å². The van der Waals surface area contributed by atoms with Gasteiger partial charge in [-0.25, -0.2) is 4.79 Å². The lowest BCUT2D eigenvalue weighted by atomic mass is 10.2. The smallest absolute Gasteiger partial charge is 0.320 e. The second-order valence-electron chi connectivity index (χ2n) is 5.26. The fourth-order valence-corrected chi connectivity index (χ4v) is 3.16. The summed E-state index contributed by atoms with van der Waals surface area (Å²) < 4.78 is 0. The number of carbonyl (C=O) groups excluding carboxylic acids is 1. The summed E-state index contributed by atoms with van der Waals surface area (Å²) in [5, 5.41) is 11.0. The Morgan fingerprint density at radius 1 is 1.38 bits per heavy atom. The molecule has 2 rings (SSSR count). The molecular formula is C14H21N3O3S. The Hall–Kier alpha value is -1.60. The minimum atomic E-state index is -0.815. The Labute approximate surface area is 128 Å². The average molecular weight is 311 g/mol. The molecule has 1 fully saturated rings. The number of rotatable bonds is 4. The minimum Gasteiger partial charge on any atom is -0.480 e. The van der Waals surface area contributed by atoms with Crippen molar-refractivity contribution in [3.63, 3.8) is 0 Å². The largest absolute Gasteiger partial charge is 0.480 e. The molecule has 7 heteroatoms. The van der Waals surface area contributed by atoms with E-state index in [1.54, 1.807) is 35.1 Å². The van der Waals surface area contributed by atoms with Crippen LogP contribution in [0.25, 0.3) is 0 Å². The van der Waals surface area contributed by atoms with Gasteiger partial charge in [-0.3, -0.25) is 9.69 Å². The summed E-state index contributed by atoms with van der Waals surface area (Å²) in [5.74, 6) is -0.815. The highest BCUT2D eigenvalue weighted by molar-refractivity contribution is 7.09.